The van der Waals surface area contributed by atoms with Crippen molar-refractivity contribution in [1.29, 1.82) is 0 Å². The molecule has 3 heterocycles. The standard InChI is InChI=1S/C14H18N4O5S/c1-2-7(19)8-3-6(4-10(20)21)12(23-8)18-11-9(24-14(18)22)5-16-13(15)17-11/h5-8,12,19H,2-4H2,1H3,(H,20,21)(H2,15,16,17)/t6-,7?,8+,12-/m1/s1. The Morgan fingerprint density at radius 2 is 2.38 bits per heavy atom. The molecule has 3 rings (SSSR count). The quantitative estimate of drug-likeness (QED) is 0.708. The molecule has 10 heteroatoms. The lowest BCUT2D eigenvalue weighted by atomic mass is 9.96. The summed E-state index contributed by atoms with van der Waals surface area (Å²) in [4.78, 5) is 31.2. The first-order valence-electron chi connectivity index (χ1n) is 7.59. The van der Waals surface area contributed by atoms with Crippen LogP contribution in [0.25, 0.3) is 10.3 Å². The molecule has 0 saturated carbocycles. The van der Waals surface area contributed by atoms with Crippen LogP contribution in [0.3, 0.4) is 0 Å². The molecule has 0 radical (unpaired) electrons. The summed E-state index contributed by atoms with van der Waals surface area (Å²) in [5.74, 6) is -1.41. The number of fused-ring (bicyclic) bond motifs is 1. The number of thiazole rings is 1. The second-order valence-electron chi connectivity index (χ2n) is 5.79. The fourth-order valence-electron chi connectivity index (χ4n) is 3.03. The van der Waals surface area contributed by atoms with Crippen LogP contribution in [-0.4, -0.2) is 42.9 Å². The maximum absolute atomic E-state index is 12.4. The molecule has 2 aromatic rings. The number of hydrogen-bond donors (Lipinski definition) is 3. The van der Waals surface area contributed by atoms with Gasteiger partial charge >= 0.3 is 10.8 Å². The van der Waals surface area contributed by atoms with Crippen molar-refractivity contribution in [1.82, 2.24) is 14.5 Å². The average molecular weight is 354 g/mol. The highest BCUT2D eigenvalue weighted by atomic mass is 32.1. The van der Waals surface area contributed by atoms with E-state index in [0.717, 1.165) is 11.3 Å². The molecule has 0 amide bonds. The number of carboxylic acid groups (broad SMARTS) is 1. The number of nitrogens with zero attached hydrogens (tertiary/aromatic N) is 3. The van der Waals surface area contributed by atoms with Gasteiger partial charge in [0.1, 0.15) is 6.23 Å². The van der Waals surface area contributed by atoms with E-state index < -0.39 is 30.3 Å². The van der Waals surface area contributed by atoms with E-state index in [0.29, 0.717) is 23.2 Å². The minimum absolute atomic E-state index is 0.0203. The Kier molecular flexibility index (Phi) is 4.52. The summed E-state index contributed by atoms with van der Waals surface area (Å²) >= 11 is 0.948. The smallest absolute Gasteiger partial charge is 0.311 e. The van der Waals surface area contributed by atoms with Crippen LogP contribution < -0.4 is 10.6 Å². The van der Waals surface area contributed by atoms with Gasteiger partial charge in [-0.1, -0.05) is 18.3 Å². The molecule has 0 bridgehead atoms. The van der Waals surface area contributed by atoms with Crippen molar-refractivity contribution in [2.75, 3.05) is 5.73 Å². The number of carboxylic acids is 1. The third kappa shape index (κ3) is 2.99. The van der Waals surface area contributed by atoms with Gasteiger partial charge in [-0.15, -0.1) is 0 Å². The van der Waals surface area contributed by atoms with E-state index in [4.69, 9.17) is 15.6 Å². The van der Waals surface area contributed by atoms with Crippen LogP contribution in [0.15, 0.2) is 11.0 Å². The van der Waals surface area contributed by atoms with Gasteiger partial charge in [0.2, 0.25) is 5.95 Å². The summed E-state index contributed by atoms with van der Waals surface area (Å²) in [5.41, 5.74) is 5.93. The van der Waals surface area contributed by atoms with E-state index in [1.54, 1.807) is 0 Å². The van der Waals surface area contributed by atoms with Gasteiger partial charge in [0.05, 0.1) is 29.5 Å². The number of ether oxygens (including phenoxy) is 1. The molecular weight excluding hydrogens is 336 g/mol. The number of aromatic nitrogens is 3. The van der Waals surface area contributed by atoms with Crippen molar-refractivity contribution in [2.24, 2.45) is 5.92 Å². The van der Waals surface area contributed by atoms with Gasteiger partial charge in [0, 0.05) is 5.92 Å². The lowest BCUT2D eigenvalue weighted by Crippen LogP contribution is -2.27. The van der Waals surface area contributed by atoms with Crippen LogP contribution in [0.2, 0.25) is 0 Å². The summed E-state index contributed by atoms with van der Waals surface area (Å²) < 4.78 is 7.73. The number of aliphatic carboxylic acids is 1. The highest BCUT2D eigenvalue weighted by Crippen LogP contribution is 2.39. The van der Waals surface area contributed by atoms with Gasteiger partial charge in [-0.3, -0.25) is 14.2 Å². The van der Waals surface area contributed by atoms with Gasteiger partial charge in [0.25, 0.3) is 0 Å². The molecule has 2 aromatic heterocycles. The molecule has 1 unspecified atom stereocenters. The maximum Gasteiger partial charge on any atom is 0.311 e. The fraction of sp³-hybridized carbons (Fsp3) is 0.571. The number of hydrogen-bond acceptors (Lipinski definition) is 8. The lowest BCUT2D eigenvalue weighted by molar-refractivity contribution is -0.139. The number of anilines is 1. The Morgan fingerprint density at radius 3 is 3.04 bits per heavy atom. The minimum atomic E-state index is -0.984. The lowest BCUT2D eigenvalue weighted by Gasteiger charge is -2.19. The molecule has 0 aliphatic carbocycles. The van der Waals surface area contributed by atoms with Crippen LogP contribution in [-0.2, 0) is 9.53 Å². The fourth-order valence-corrected chi connectivity index (χ4v) is 3.84. The Bertz CT molecular complexity index is 819. The first kappa shape index (κ1) is 16.8. The summed E-state index contributed by atoms with van der Waals surface area (Å²) in [5, 5.41) is 19.2. The molecule has 4 atom stereocenters. The molecule has 0 aromatic carbocycles. The normalized spacial score (nSPS) is 25.2. The molecule has 4 N–H and O–H groups in total. The van der Waals surface area contributed by atoms with Gasteiger partial charge in [-0.25, -0.2) is 4.98 Å². The van der Waals surface area contributed by atoms with Crippen LogP contribution in [0.5, 0.6) is 0 Å². The van der Waals surface area contributed by atoms with Crippen LogP contribution in [0, 0.1) is 5.92 Å². The Hall–Kier alpha value is -2.04. The van der Waals surface area contributed by atoms with Gasteiger partial charge in [-0.05, 0) is 12.8 Å². The SMILES string of the molecule is CCC(O)[C@@H]1C[C@H](CC(=O)O)[C@H](n2c(=O)sc3cnc(N)nc32)O1. The molecule has 1 aliphatic rings. The molecule has 130 valence electrons. The predicted octanol–water partition coefficient (Wildman–Crippen LogP) is 0.584. The van der Waals surface area contributed by atoms with Crippen LogP contribution in [0.1, 0.15) is 32.4 Å². The Labute approximate surface area is 140 Å². The average Bonchev–Trinajstić information content (AvgIpc) is 3.05. The van der Waals surface area contributed by atoms with Gasteiger partial charge in [0.15, 0.2) is 5.65 Å². The molecule has 1 fully saturated rings. The third-order valence-corrected chi connectivity index (χ3v) is 5.05. The number of rotatable bonds is 5. The zero-order valence-electron chi connectivity index (χ0n) is 13.0. The summed E-state index contributed by atoms with van der Waals surface area (Å²) in [6.45, 7) is 1.81. The first-order chi connectivity index (χ1) is 11.4. The maximum atomic E-state index is 12.4. The van der Waals surface area contributed by atoms with Crippen molar-refractivity contribution >= 4 is 33.6 Å². The molecule has 9 nitrogen and oxygen atoms in total. The summed E-state index contributed by atoms with van der Waals surface area (Å²) in [7, 11) is 0. The number of aliphatic hydroxyl groups is 1. The largest absolute Gasteiger partial charge is 0.481 e. The van der Waals surface area contributed by atoms with E-state index in [2.05, 4.69) is 9.97 Å². The van der Waals surface area contributed by atoms with Gasteiger partial charge in [-0.2, -0.15) is 4.98 Å². The van der Waals surface area contributed by atoms with Crippen molar-refractivity contribution in [3.05, 3.63) is 15.9 Å². The van der Waals surface area contributed by atoms with E-state index >= 15 is 0 Å². The number of nitrogen functional groups attached to an aromatic ring is 1. The second kappa shape index (κ2) is 6.46. The highest BCUT2D eigenvalue weighted by Gasteiger charge is 2.41. The molecule has 0 spiro atoms. The van der Waals surface area contributed by atoms with E-state index in [1.807, 2.05) is 6.92 Å². The molecule has 1 aliphatic heterocycles. The Balaban J connectivity index is 2.05. The molecule has 24 heavy (non-hydrogen) atoms. The van der Waals surface area contributed by atoms with Crippen molar-refractivity contribution in [2.45, 2.75) is 44.6 Å². The highest BCUT2D eigenvalue weighted by molar-refractivity contribution is 7.16. The van der Waals surface area contributed by atoms with E-state index in [9.17, 15) is 14.7 Å². The van der Waals surface area contributed by atoms with E-state index in [-0.39, 0.29) is 17.2 Å². The minimum Gasteiger partial charge on any atom is -0.481 e. The van der Waals surface area contributed by atoms with Crippen molar-refractivity contribution < 1.29 is 19.7 Å². The number of aliphatic hydroxyl groups excluding tert-OH is 1. The number of carbonyl (C=O) groups is 1. The van der Waals surface area contributed by atoms with Gasteiger partial charge < -0.3 is 20.7 Å². The predicted molar refractivity (Wildman–Crippen MR) is 86.7 cm³/mol. The first-order valence-corrected chi connectivity index (χ1v) is 8.41. The monoisotopic (exact) mass is 354 g/mol. The molecule has 1 saturated heterocycles. The zero-order valence-corrected chi connectivity index (χ0v) is 13.8. The van der Waals surface area contributed by atoms with Crippen molar-refractivity contribution in [3.63, 3.8) is 0 Å². The zero-order chi connectivity index (χ0) is 17.4. The summed E-state index contributed by atoms with van der Waals surface area (Å²) in [6, 6.07) is 0. The summed E-state index contributed by atoms with van der Waals surface area (Å²) in [6.07, 6.45) is 0.0867. The Morgan fingerprint density at radius 1 is 1.62 bits per heavy atom. The van der Waals surface area contributed by atoms with E-state index in [1.165, 1.54) is 10.8 Å². The topological polar surface area (TPSA) is 141 Å². The molecular formula is C14H18N4O5S. The van der Waals surface area contributed by atoms with Crippen molar-refractivity contribution in [3.8, 4) is 0 Å². The van der Waals surface area contributed by atoms with Crippen LogP contribution in [0.4, 0.5) is 5.95 Å². The number of nitrogens with two attached hydrogens (primary N) is 1. The second-order valence-corrected chi connectivity index (χ2v) is 6.78. The third-order valence-electron chi connectivity index (χ3n) is 4.17. The van der Waals surface area contributed by atoms with Crippen LogP contribution >= 0.6 is 11.3 Å².